The topological polar surface area (TPSA) is 51.8 Å². The van der Waals surface area contributed by atoms with Gasteiger partial charge in [-0.25, -0.2) is 9.97 Å². The number of nitrogens with two attached hydrogens (primary N) is 1. The first kappa shape index (κ1) is 11.5. The van der Waals surface area contributed by atoms with Crippen molar-refractivity contribution >= 4 is 22.9 Å². The van der Waals surface area contributed by atoms with Crippen molar-refractivity contribution in [3.8, 4) is 10.6 Å². The Hall–Kier alpha value is -0.970. The standard InChI is InChI=1S/C11H12ClN3S/c1-11(2,13)10-14-6-5-7(15-10)8-3-4-9(12)16-8/h3-6H,13H2,1-2H3. The molecule has 0 aliphatic carbocycles. The predicted octanol–water partition coefficient (Wildman–Crippen LogP) is 3.05. The van der Waals surface area contributed by atoms with Crippen LogP contribution in [0, 0.1) is 0 Å². The van der Waals surface area contributed by atoms with Gasteiger partial charge in [-0.2, -0.15) is 0 Å². The normalized spacial score (nSPS) is 11.8. The molecule has 0 saturated heterocycles. The van der Waals surface area contributed by atoms with Crippen LogP contribution in [0.4, 0.5) is 0 Å². The Balaban J connectivity index is 2.44. The highest BCUT2D eigenvalue weighted by Crippen LogP contribution is 2.30. The Morgan fingerprint density at radius 3 is 2.62 bits per heavy atom. The lowest BCUT2D eigenvalue weighted by Gasteiger charge is -2.16. The first-order valence-electron chi connectivity index (χ1n) is 4.85. The minimum Gasteiger partial charge on any atom is -0.319 e. The number of rotatable bonds is 2. The lowest BCUT2D eigenvalue weighted by atomic mass is 10.1. The van der Waals surface area contributed by atoms with Crippen LogP contribution in [0.2, 0.25) is 4.34 Å². The van der Waals surface area contributed by atoms with Gasteiger partial charge in [0.25, 0.3) is 0 Å². The zero-order valence-electron chi connectivity index (χ0n) is 9.07. The van der Waals surface area contributed by atoms with E-state index in [2.05, 4.69) is 9.97 Å². The van der Waals surface area contributed by atoms with Crippen LogP contribution >= 0.6 is 22.9 Å². The fraction of sp³-hybridized carbons (Fsp3) is 0.273. The van der Waals surface area contributed by atoms with Crippen LogP contribution in [-0.2, 0) is 5.54 Å². The molecule has 0 fully saturated rings. The summed E-state index contributed by atoms with van der Waals surface area (Å²) in [6, 6.07) is 5.66. The van der Waals surface area contributed by atoms with Crippen molar-refractivity contribution in [1.82, 2.24) is 9.97 Å². The molecule has 0 amide bonds. The molecular weight excluding hydrogens is 242 g/mol. The first-order valence-corrected chi connectivity index (χ1v) is 6.04. The van der Waals surface area contributed by atoms with Gasteiger partial charge in [0.15, 0.2) is 0 Å². The van der Waals surface area contributed by atoms with Crippen molar-refractivity contribution in [2.45, 2.75) is 19.4 Å². The van der Waals surface area contributed by atoms with Gasteiger partial charge in [0.05, 0.1) is 20.4 Å². The molecule has 0 saturated carbocycles. The minimum atomic E-state index is -0.531. The summed E-state index contributed by atoms with van der Waals surface area (Å²) >= 11 is 7.38. The van der Waals surface area contributed by atoms with Crippen LogP contribution in [-0.4, -0.2) is 9.97 Å². The third-order valence-electron chi connectivity index (χ3n) is 2.06. The fourth-order valence-electron chi connectivity index (χ4n) is 1.26. The van der Waals surface area contributed by atoms with Gasteiger partial charge in [0.1, 0.15) is 5.82 Å². The Morgan fingerprint density at radius 2 is 2.06 bits per heavy atom. The molecular formula is C11H12ClN3S. The number of nitrogens with zero attached hydrogens (tertiary/aromatic N) is 2. The van der Waals surface area contributed by atoms with Crippen LogP contribution in [0.15, 0.2) is 24.4 Å². The Labute approximate surface area is 103 Å². The maximum atomic E-state index is 5.96. The number of aromatic nitrogens is 2. The molecule has 2 aromatic heterocycles. The SMILES string of the molecule is CC(C)(N)c1nccc(-c2ccc(Cl)s2)n1. The molecule has 2 aromatic rings. The molecule has 2 N–H and O–H groups in total. The average Bonchev–Trinajstić information content (AvgIpc) is 2.64. The molecule has 16 heavy (non-hydrogen) atoms. The highest BCUT2D eigenvalue weighted by Gasteiger charge is 2.18. The number of hydrogen-bond donors (Lipinski definition) is 1. The van der Waals surface area contributed by atoms with Crippen molar-refractivity contribution in [2.24, 2.45) is 5.73 Å². The van der Waals surface area contributed by atoms with E-state index < -0.39 is 5.54 Å². The lowest BCUT2D eigenvalue weighted by molar-refractivity contribution is 0.514. The fourth-order valence-corrected chi connectivity index (χ4v) is 2.27. The van der Waals surface area contributed by atoms with Crippen molar-refractivity contribution in [1.29, 1.82) is 0 Å². The van der Waals surface area contributed by atoms with Gasteiger partial charge in [-0.15, -0.1) is 11.3 Å². The zero-order chi connectivity index (χ0) is 11.8. The van der Waals surface area contributed by atoms with Crippen LogP contribution in [0.1, 0.15) is 19.7 Å². The molecule has 0 aliphatic heterocycles. The molecule has 2 heterocycles. The second kappa shape index (κ2) is 4.13. The summed E-state index contributed by atoms with van der Waals surface area (Å²) in [5, 5.41) is 0. The summed E-state index contributed by atoms with van der Waals surface area (Å²) in [5.41, 5.74) is 6.29. The number of thiophene rings is 1. The van der Waals surface area contributed by atoms with Crippen LogP contribution in [0.25, 0.3) is 10.6 Å². The monoisotopic (exact) mass is 253 g/mol. The van der Waals surface area contributed by atoms with Crippen LogP contribution < -0.4 is 5.73 Å². The summed E-state index contributed by atoms with van der Waals surface area (Å²) in [7, 11) is 0. The third kappa shape index (κ3) is 2.40. The summed E-state index contributed by atoms with van der Waals surface area (Å²) in [5.74, 6) is 0.634. The molecule has 5 heteroatoms. The second-order valence-electron chi connectivity index (χ2n) is 4.09. The maximum Gasteiger partial charge on any atom is 0.148 e. The average molecular weight is 254 g/mol. The van der Waals surface area contributed by atoms with E-state index in [0.29, 0.717) is 5.82 Å². The van der Waals surface area contributed by atoms with Gasteiger partial charge in [0, 0.05) is 6.20 Å². The molecule has 0 atom stereocenters. The van der Waals surface area contributed by atoms with E-state index in [1.54, 1.807) is 6.20 Å². The number of hydrogen-bond acceptors (Lipinski definition) is 4. The Kier molecular flexibility index (Phi) is 2.97. The van der Waals surface area contributed by atoms with E-state index in [1.807, 2.05) is 32.0 Å². The molecule has 2 rings (SSSR count). The van der Waals surface area contributed by atoms with E-state index in [9.17, 15) is 0 Å². The Morgan fingerprint density at radius 1 is 1.31 bits per heavy atom. The van der Waals surface area contributed by atoms with Gasteiger partial charge in [0.2, 0.25) is 0 Å². The van der Waals surface area contributed by atoms with Crippen LogP contribution in [0.3, 0.4) is 0 Å². The number of halogens is 1. The van der Waals surface area contributed by atoms with Gasteiger partial charge in [-0.3, -0.25) is 0 Å². The molecule has 84 valence electrons. The van der Waals surface area contributed by atoms with Crippen molar-refractivity contribution < 1.29 is 0 Å². The zero-order valence-corrected chi connectivity index (χ0v) is 10.6. The first-order chi connectivity index (χ1) is 7.47. The Bertz CT molecular complexity index is 502. The van der Waals surface area contributed by atoms with E-state index in [1.165, 1.54) is 11.3 Å². The minimum absolute atomic E-state index is 0.531. The maximum absolute atomic E-state index is 5.96. The second-order valence-corrected chi connectivity index (χ2v) is 5.81. The molecule has 0 radical (unpaired) electrons. The van der Waals surface area contributed by atoms with Gasteiger partial charge in [-0.1, -0.05) is 11.6 Å². The van der Waals surface area contributed by atoms with Gasteiger partial charge in [-0.05, 0) is 32.0 Å². The van der Waals surface area contributed by atoms with Crippen molar-refractivity contribution in [3.63, 3.8) is 0 Å². The molecule has 0 aromatic carbocycles. The van der Waals surface area contributed by atoms with E-state index in [-0.39, 0.29) is 0 Å². The molecule has 0 bridgehead atoms. The summed E-state index contributed by atoms with van der Waals surface area (Å²) in [4.78, 5) is 9.65. The van der Waals surface area contributed by atoms with Crippen LogP contribution in [0.5, 0.6) is 0 Å². The summed E-state index contributed by atoms with van der Waals surface area (Å²) in [6.07, 6.45) is 1.72. The molecule has 3 nitrogen and oxygen atoms in total. The van der Waals surface area contributed by atoms with E-state index >= 15 is 0 Å². The van der Waals surface area contributed by atoms with E-state index in [0.717, 1.165) is 14.9 Å². The van der Waals surface area contributed by atoms with E-state index in [4.69, 9.17) is 17.3 Å². The molecule has 0 spiro atoms. The molecule has 0 aliphatic rings. The van der Waals surface area contributed by atoms with Gasteiger partial charge >= 0.3 is 0 Å². The summed E-state index contributed by atoms with van der Waals surface area (Å²) in [6.45, 7) is 3.76. The predicted molar refractivity (Wildman–Crippen MR) is 67.6 cm³/mol. The highest BCUT2D eigenvalue weighted by atomic mass is 35.5. The van der Waals surface area contributed by atoms with Crippen molar-refractivity contribution in [3.05, 3.63) is 34.6 Å². The molecule has 0 unspecified atom stereocenters. The smallest absolute Gasteiger partial charge is 0.148 e. The highest BCUT2D eigenvalue weighted by molar-refractivity contribution is 7.19. The third-order valence-corrected chi connectivity index (χ3v) is 3.31. The lowest BCUT2D eigenvalue weighted by Crippen LogP contribution is -2.31. The summed E-state index contributed by atoms with van der Waals surface area (Å²) < 4.78 is 0.752. The quantitative estimate of drug-likeness (QED) is 0.895. The van der Waals surface area contributed by atoms with Gasteiger partial charge < -0.3 is 5.73 Å². The van der Waals surface area contributed by atoms with Crippen molar-refractivity contribution in [2.75, 3.05) is 0 Å². The largest absolute Gasteiger partial charge is 0.319 e.